The molecule has 0 spiro atoms. The Morgan fingerprint density at radius 3 is 2.74 bits per heavy atom. The van der Waals surface area contributed by atoms with Gasteiger partial charge in [0.15, 0.2) is 0 Å². The lowest BCUT2D eigenvalue weighted by Crippen LogP contribution is -2.41. The van der Waals surface area contributed by atoms with Crippen LogP contribution in [0.5, 0.6) is 0 Å². The van der Waals surface area contributed by atoms with E-state index in [1.807, 2.05) is 11.0 Å². The van der Waals surface area contributed by atoms with E-state index in [4.69, 9.17) is 0 Å². The van der Waals surface area contributed by atoms with Crippen molar-refractivity contribution in [1.82, 2.24) is 10.2 Å². The van der Waals surface area contributed by atoms with Crippen molar-refractivity contribution in [1.29, 1.82) is 0 Å². The normalized spacial score (nSPS) is 21.8. The van der Waals surface area contributed by atoms with Crippen LogP contribution in [-0.4, -0.2) is 37.0 Å². The third-order valence-corrected chi connectivity index (χ3v) is 4.18. The highest BCUT2D eigenvalue weighted by atomic mass is 19.1. The summed E-state index contributed by atoms with van der Waals surface area (Å²) in [6, 6.07) is 6.70. The largest absolute Gasteiger partial charge is 0.341 e. The summed E-state index contributed by atoms with van der Waals surface area (Å²) in [6.45, 7) is 3.30. The molecule has 102 valence electrons. The van der Waals surface area contributed by atoms with E-state index in [9.17, 15) is 9.18 Å². The number of halogens is 1. The molecule has 3 rings (SSSR count). The molecule has 4 heteroatoms. The van der Waals surface area contributed by atoms with Gasteiger partial charge >= 0.3 is 0 Å². The zero-order valence-corrected chi connectivity index (χ0v) is 11.0. The van der Waals surface area contributed by atoms with E-state index in [1.165, 1.54) is 6.07 Å². The smallest absolute Gasteiger partial charge is 0.233 e. The minimum absolute atomic E-state index is 0.112. The van der Waals surface area contributed by atoms with E-state index in [-0.39, 0.29) is 11.7 Å². The van der Waals surface area contributed by atoms with Gasteiger partial charge < -0.3 is 10.2 Å². The zero-order chi connectivity index (χ0) is 13.3. The summed E-state index contributed by atoms with van der Waals surface area (Å²) in [6.07, 6.45) is 2.52. The number of amides is 1. The molecule has 0 radical (unpaired) electrons. The first-order valence-electron chi connectivity index (χ1n) is 6.99. The summed E-state index contributed by atoms with van der Waals surface area (Å²) in [4.78, 5) is 14.6. The Balaban J connectivity index is 1.84. The fourth-order valence-electron chi connectivity index (χ4n) is 2.92. The fraction of sp³-hybridized carbons (Fsp3) is 0.533. The van der Waals surface area contributed by atoms with Gasteiger partial charge in [-0.2, -0.15) is 0 Å². The Bertz CT molecular complexity index is 477. The molecular weight excluding hydrogens is 243 g/mol. The predicted molar refractivity (Wildman–Crippen MR) is 71.4 cm³/mol. The van der Waals surface area contributed by atoms with Gasteiger partial charge in [-0.3, -0.25) is 4.79 Å². The molecule has 3 nitrogen and oxygen atoms in total. The van der Waals surface area contributed by atoms with Gasteiger partial charge in [-0.15, -0.1) is 0 Å². The van der Waals surface area contributed by atoms with Gasteiger partial charge in [0.2, 0.25) is 5.91 Å². The van der Waals surface area contributed by atoms with Crippen molar-refractivity contribution < 1.29 is 9.18 Å². The van der Waals surface area contributed by atoms with E-state index in [1.54, 1.807) is 12.1 Å². The summed E-state index contributed by atoms with van der Waals surface area (Å²) in [5.41, 5.74) is 0.00702. The Kier molecular flexibility index (Phi) is 3.27. The van der Waals surface area contributed by atoms with Crippen LogP contribution in [0, 0.1) is 5.82 Å². The van der Waals surface area contributed by atoms with Crippen LogP contribution < -0.4 is 5.32 Å². The molecule has 1 N–H and O–H groups in total. The van der Waals surface area contributed by atoms with Crippen LogP contribution in [0.3, 0.4) is 0 Å². The summed E-state index contributed by atoms with van der Waals surface area (Å²) >= 11 is 0. The maximum atomic E-state index is 13.9. The highest BCUT2D eigenvalue weighted by molar-refractivity contribution is 5.91. The lowest BCUT2D eigenvalue weighted by atomic mass is 9.93. The third kappa shape index (κ3) is 2.25. The highest BCUT2D eigenvalue weighted by Crippen LogP contribution is 2.50. The predicted octanol–water partition coefficient (Wildman–Crippen LogP) is 1.68. The number of nitrogens with one attached hydrogen (secondary N) is 1. The SMILES string of the molecule is O=C(N1CCCNCC1)C1(c2ccccc2F)CC1. The molecule has 1 aliphatic heterocycles. The molecule has 1 saturated heterocycles. The standard InChI is InChI=1S/C15H19FN2O/c16-13-5-2-1-4-12(13)15(6-7-15)14(19)18-10-3-8-17-9-11-18/h1-2,4-5,17H,3,6-11H2. The molecule has 19 heavy (non-hydrogen) atoms. The van der Waals surface area contributed by atoms with Crippen molar-refractivity contribution >= 4 is 5.91 Å². The molecule has 0 bridgehead atoms. The molecule has 0 aromatic heterocycles. The summed E-state index contributed by atoms with van der Waals surface area (Å²) in [7, 11) is 0. The Hall–Kier alpha value is -1.42. The highest BCUT2D eigenvalue weighted by Gasteiger charge is 2.54. The second-order valence-electron chi connectivity index (χ2n) is 5.46. The van der Waals surface area contributed by atoms with Crippen LogP contribution in [-0.2, 0) is 10.2 Å². The first-order valence-corrected chi connectivity index (χ1v) is 6.99. The average Bonchev–Trinajstić information content (AvgIpc) is 3.24. The van der Waals surface area contributed by atoms with Gasteiger partial charge in [-0.05, 0) is 31.9 Å². The number of hydrogen-bond donors (Lipinski definition) is 1. The summed E-state index contributed by atoms with van der Waals surface area (Å²) in [5.74, 6) is -0.136. The van der Waals surface area contributed by atoms with Crippen molar-refractivity contribution in [2.75, 3.05) is 26.2 Å². The van der Waals surface area contributed by atoms with Crippen molar-refractivity contribution in [2.24, 2.45) is 0 Å². The molecule has 1 aromatic rings. The van der Waals surface area contributed by atoms with Crippen molar-refractivity contribution in [3.8, 4) is 0 Å². The van der Waals surface area contributed by atoms with Gasteiger partial charge in [0, 0.05) is 25.2 Å². The number of benzene rings is 1. The molecule has 1 saturated carbocycles. The van der Waals surface area contributed by atoms with Crippen molar-refractivity contribution in [3.63, 3.8) is 0 Å². The average molecular weight is 262 g/mol. The van der Waals surface area contributed by atoms with Gasteiger partial charge in [0.1, 0.15) is 5.82 Å². The van der Waals surface area contributed by atoms with Crippen LogP contribution in [0.15, 0.2) is 24.3 Å². The van der Waals surface area contributed by atoms with Crippen LogP contribution in [0.25, 0.3) is 0 Å². The Morgan fingerprint density at radius 2 is 2.00 bits per heavy atom. The fourth-order valence-corrected chi connectivity index (χ4v) is 2.92. The van der Waals surface area contributed by atoms with Crippen molar-refractivity contribution in [3.05, 3.63) is 35.6 Å². The van der Waals surface area contributed by atoms with Crippen LogP contribution in [0.1, 0.15) is 24.8 Å². The Labute approximate surface area is 112 Å². The first-order chi connectivity index (χ1) is 9.24. The maximum absolute atomic E-state index is 13.9. The van der Waals surface area contributed by atoms with Crippen LogP contribution in [0.2, 0.25) is 0 Å². The lowest BCUT2D eigenvalue weighted by molar-refractivity contribution is -0.133. The number of nitrogens with zero attached hydrogens (tertiary/aromatic N) is 1. The lowest BCUT2D eigenvalue weighted by Gasteiger charge is -2.26. The topological polar surface area (TPSA) is 32.3 Å². The molecule has 1 amide bonds. The van der Waals surface area contributed by atoms with E-state index < -0.39 is 5.41 Å². The van der Waals surface area contributed by atoms with Gasteiger partial charge in [0.25, 0.3) is 0 Å². The second-order valence-corrected chi connectivity index (χ2v) is 5.46. The van der Waals surface area contributed by atoms with Crippen LogP contribution >= 0.6 is 0 Å². The van der Waals surface area contributed by atoms with Crippen molar-refractivity contribution in [2.45, 2.75) is 24.7 Å². The van der Waals surface area contributed by atoms with E-state index in [0.29, 0.717) is 5.56 Å². The molecule has 0 atom stereocenters. The maximum Gasteiger partial charge on any atom is 0.233 e. The number of carbonyl (C=O) groups is 1. The van der Waals surface area contributed by atoms with E-state index in [0.717, 1.165) is 45.4 Å². The van der Waals surface area contributed by atoms with Crippen LogP contribution in [0.4, 0.5) is 4.39 Å². The van der Waals surface area contributed by atoms with E-state index in [2.05, 4.69) is 5.32 Å². The third-order valence-electron chi connectivity index (χ3n) is 4.18. The minimum Gasteiger partial charge on any atom is -0.341 e. The molecule has 1 heterocycles. The molecule has 2 fully saturated rings. The molecule has 2 aliphatic rings. The quantitative estimate of drug-likeness (QED) is 0.879. The van der Waals surface area contributed by atoms with Gasteiger partial charge in [0.05, 0.1) is 5.41 Å². The summed E-state index contributed by atoms with van der Waals surface area (Å²) in [5, 5.41) is 3.29. The molecule has 1 aliphatic carbocycles. The first kappa shape index (κ1) is 12.6. The number of rotatable bonds is 2. The number of carbonyl (C=O) groups excluding carboxylic acids is 1. The summed E-state index contributed by atoms with van der Waals surface area (Å²) < 4.78 is 13.9. The molecule has 0 unspecified atom stereocenters. The molecular formula is C15H19FN2O. The zero-order valence-electron chi connectivity index (χ0n) is 11.0. The Morgan fingerprint density at radius 1 is 1.21 bits per heavy atom. The van der Waals surface area contributed by atoms with Gasteiger partial charge in [-0.25, -0.2) is 4.39 Å². The second kappa shape index (κ2) is 4.93. The monoisotopic (exact) mass is 262 g/mol. The van der Waals surface area contributed by atoms with Gasteiger partial charge in [-0.1, -0.05) is 18.2 Å². The number of hydrogen-bond acceptors (Lipinski definition) is 2. The van der Waals surface area contributed by atoms with E-state index >= 15 is 0 Å². The minimum atomic E-state index is -0.574. The molecule has 1 aromatic carbocycles.